The zero-order valence-electron chi connectivity index (χ0n) is 26.7. The number of unbranched alkanes of at least 4 members (excludes halogenated alkanes) is 3. The van der Waals surface area contributed by atoms with E-state index < -0.39 is 23.8 Å². The number of ether oxygens (including phenoxy) is 1. The van der Waals surface area contributed by atoms with Crippen molar-refractivity contribution in [3.8, 4) is 5.75 Å². The van der Waals surface area contributed by atoms with Crippen molar-refractivity contribution in [2.45, 2.75) is 123 Å². The summed E-state index contributed by atoms with van der Waals surface area (Å²) in [5.41, 5.74) is 1.76. The van der Waals surface area contributed by atoms with E-state index in [1.54, 1.807) is 49.9 Å². The molecular formula is C35H51N3O5. The van der Waals surface area contributed by atoms with Crippen LogP contribution in [0.15, 0.2) is 48.5 Å². The molecule has 2 unspecified atom stereocenters. The molecular weight excluding hydrogens is 542 g/mol. The van der Waals surface area contributed by atoms with Gasteiger partial charge in [0.15, 0.2) is 0 Å². The number of carbonyl (C=O) groups excluding carboxylic acids is 3. The van der Waals surface area contributed by atoms with Crippen LogP contribution in [0, 0.1) is 6.92 Å². The van der Waals surface area contributed by atoms with Gasteiger partial charge in [-0.15, -0.1) is 0 Å². The molecule has 0 bridgehead atoms. The quantitative estimate of drug-likeness (QED) is 0.223. The Hall–Kier alpha value is -3.55. The van der Waals surface area contributed by atoms with Gasteiger partial charge in [-0.25, -0.2) is 4.79 Å². The van der Waals surface area contributed by atoms with Crippen molar-refractivity contribution >= 4 is 17.9 Å². The predicted molar refractivity (Wildman–Crippen MR) is 170 cm³/mol. The van der Waals surface area contributed by atoms with Crippen LogP contribution in [0.1, 0.15) is 108 Å². The van der Waals surface area contributed by atoms with E-state index in [0.717, 1.165) is 68.1 Å². The number of nitrogens with zero attached hydrogens (tertiary/aromatic N) is 1. The van der Waals surface area contributed by atoms with E-state index in [4.69, 9.17) is 4.74 Å². The van der Waals surface area contributed by atoms with Gasteiger partial charge < -0.3 is 25.4 Å². The lowest BCUT2D eigenvalue weighted by Crippen LogP contribution is -2.54. The number of benzene rings is 2. The molecule has 236 valence electrons. The highest BCUT2D eigenvalue weighted by atomic mass is 16.6. The van der Waals surface area contributed by atoms with Crippen molar-refractivity contribution in [3.05, 3.63) is 65.2 Å². The number of carbonyl (C=O) groups is 3. The number of hydrogen-bond acceptors (Lipinski definition) is 5. The van der Waals surface area contributed by atoms with Crippen LogP contribution in [0.4, 0.5) is 4.79 Å². The molecule has 1 aliphatic carbocycles. The fraction of sp³-hybridized carbons (Fsp3) is 0.571. The number of aromatic hydroxyl groups is 1. The first-order valence-corrected chi connectivity index (χ1v) is 15.9. The van der Waals surface area contributed by atoms with Gasteiger partial charge in [0, 0.05) is 19.0 Å². The Kier molecular flexibility index (Phi) is 12.9. The van der Waals surface area contributed by atoms with Gasteiger partial charge in [0.05, 0.1) is 0 Å². The summed E-state index contributed by atoms with van der Waals surface area (Å²) in [6.45, 7) is 9.79. The monoisotopic (exact) mass is 593 g/mol. The first-order chi connectivity index (χ1) is 20.5. The minimum Gasteiger partial charge on any atom is -0.508 e. The third kappa shape index (κ3) is 11.2. The Morgan fingerprint density at radius 1 is 1.00 bits per heavy atom. The molecule has 43 heavy (non-hydrogen) atoms. The van der Waals surface area contributed by atoms with Gasteiger partial charge in [0.25, 0.3) is 0 Å². The van der Waals surface area contributed by atoms with Gasteiger partial charge in [-0.05, 0) is 70.2 Å². The molecule has 0 saturated heterocycles. The number of amides is 3. The summed E-state index contributed by atoms with van der Waals surface area (Å²) >= 11 is 0. The van der Waals surface area contributed by atoms with Crippen LogP contribution in [0.5, 0.6) is 5.75 Å². The molecule has 2 aromatic carbocycles. The smallest absolute Gasteiger partial charge is 0.408 e. The second-order valence-electron chi connectivity index (χ2n) is 12.8. The van der Waals surface area contributed by atoms with Crippen molar-refractivity contribution < 1.29 is 24.2 Å². The minimum absolute atomic E-state index is 0.0817. The van der Waals surface area contributed by atoms with Crippen molar-refractivity contribution in [2.75, 3.05) is 6.54 Å². The first-order valence-electron chi connectivity index (χ1n) is 15.9. The maximum atomic E-state index is 14.6. The zero-order valence-corrected chi connectivity index (χ0v) is 26.7. The molecule has 1 aliphatic rings. The summed E-state index contributed by atoms with van der Waals surface area (Å²) in [4.78, 5) is 43.4. The van der Waals surface area contributed by atoms with Crippen LogP contribution < -0.4 is 10.6 Å². The molecule has 0 aromatic heterocycles. The predicted octanol–water partition coefficient (Wildman–Crippen LogP) is 6.74. The second kappa shape index (κ2) is 16.3. The van der Waals surface area contributed by atoms with E-state index in [0.29, 0.717) is 6.54 Å². The largest absolute Gasteiger partial charge is 0.508 e. The molecule has 0 spiro atoms. The molecule has 2 atom stereocenters. The number of alkyl carbamates (subject to hydrolysis) is 1. The van der Waals surface area contributed by atoms with E-state index in [1.807, 2.05) is 31.2 Å². The molecule has 0 radical (unpaired) electrons. The molecule has 3 N–H and O–H groups in total. The van der Waals surface area contributed by atoms with Gasteiger partial charge in [-0.3, -0.25) is 9.59 Å². The van der Waals surface area contributed by atoms with Crippen molar-refractivity contribution in [3.63, 3.8) is 0 Å². The standard InChI is InChI=1S/C35H51N3O5/c1-6-7-8-12-22-38(31(27-15-13-14-25(2)23-27)32(40)36-28-16-10-9-11-17-28)33(41)30(37-34(42)43-35(3,4)5)24-26-18-20-29(39)21-19-26/h13-15,18-21,23,28,30-31,39H,6-12,16-17,22,24H2,1-5H3,(H,36,40)(H,37,42). The Morgan fingerprint density at radius 2 is 1.70 bits per heavy atom. The minimum atomic E-state index is -0.986. The molecule has 1 fully saturated rings. The summed E-state index contributed by atoms with van der Waals surface area (Å²) < 4.78 is 5.54. The Morgan fingerprint density at radius 3 is 2.33 bits per heavy atom. The van der Waals surface area contributed by atoms with Crippen LogP contribution in [0.3, 0.4) is 0 Å². The number of phenolic OH excluding ortho intramolecular Hbond substituents is 1. The number of phenols is 1. The number of hydrogen-bond donors (Lipinski definition) is 3. The van der Waals surface area contributed by atoms with Gasteiger partial charge in [0.1, 0.15) is 23.4 Å². The summed E-state index contributed by atoms with van der Waals surface area (Å²) in [6.07, 6.45) is 8.39. The maximum Gasteiger partial charge on any atom is 0.408 e. The van der Waals surface area contributed by atoms with Crippen LogP contribution in [-0.2, 0) is 20.7 Å². The molecule has 8 heteroatoms. The van der Waals surface area contributed by atoms with Gasteiger partial charge >= 0.3 is 6.09 Å². The van der Waals surface area contributed by atoms with Crippen LogP contribution in [0.2, 0.25) is 0 Å². The van der Waals surface area contributed by atoms with E-state index in [2.05, 4.69) is 17.6 Å². The van der Waals surface area contributed by atoms with E-state index >= 15 is 0 Å². The van der Waals surface area contributed by atoms with Crippen molar-refractivity contribution in [1.29, 1.82) is 0 Å². The summed E-state index contributed by atoms with van der Waals surface area (Å²) in [5.74, 6) is -0.425. The average Bonchev–Trinajstić information content (AvgIpc) is 2.94. The molecule has 0 heterocycles. The van der Waals surface area contributed by atoms with Crippen molar-refractivity contribution in [1.82, 2.24) is 15.5 Å². The van der Waals surface area contributed by atoms with E-state index in [9.17, 15) is 19.5 Å². The Bertz CT molecular complexity index is 1180. The Balaban J connectivity index is 2.02. The fourth-order valence-corrected chi connectivity index (χ4v) is 5.63. The highest BCUT2D eigenvalue weighted by Gasteiger charge is 2.37. The number of nitrogens with one attached hydrogen (secondary N) is 2. The maximum absolute atomic E-state index is 14.6. The summed E-state index contributed by atoms with van der Waals surface area (Å²) in [6, 6.07) is 12.6. The SMILES string of the molecule is CCCCCCN(C(=O)C(Cc1ccc(O)cc1)NC(=O)OC(C)(C)C)C(C(=O)NC1CCCCC1)c1cccc(C)c1. The fourth-order valence-electron chi connectivity index (χ4n) is 5.63. The number of rotatable bonds is 13. The second-order valence-corrected chi connectivity index (χ2v) is 12.8. The lowest BCUT2D eigenvalue weighted by atomic mass is 9.94. The summed E-state index contributed by atoms with van der Waals surface area (Å²) in [5, 5.41) is 15.9. The molecule has 2 aromatic rings. The van der Waals surface area contributed by atoms with Crippen LogP contribution in [-0.4, -0.2) is 52.1 Å². The zero-order chi connectivity index (χ0) is 31.4. The normalized spacial score (nSPS) is 15.3. The van der Waals surface area contributed by atoms with Gasteiger partial charge in [-0.1, -0.05) is 87.4 Å². The molecule has 0 aliphatic heterocycles. The van der Waals surface area contributed by atoms with Gasteiger partial charge in [-0.2, -0.15) is 0 Å². The summed E-state index contributed by atoms with van der Waals surface area (Å²) in [7, 11) is 0. The molecule has 3 amide bonds. The van der Waals surface area contributed by atoms with Crippen molar-refractivity contribution in [2.24, 2.45) is 0 Å². The highest BCUT2D eigenvalue weighted by molar-refractivity contribution is 5.92. The first kappa shape index (κ1) is 33.9. The van der Waals surface area contributed by atoms with E-state index in [-0.39, 0.29) is 30.0 Å². The lowest BCUT2D eigenvalue weighted by Gasteiger charge is -2.36. The van der Waals surface area contributed by atoms with Gasteiger partial charge in [0.2, 0.25) is 11.8 Å². The molecule has 1 saturated carbocycles. The van der Waals surface area contributed by atoms with Crippen LogP contribution in [0.25, 0.3) is 0 Å². The topological polar surface area (TPSA) is 108 Å². The highest BCUT2D eigenvalue weighted by Crippen LogP contribution is 2.27. The van der Waals surface area contributed by atoms with E-state index in [1.165, 1.54) is 6.42 Å². The molecule has 8 nitrogen and oxygen atoms in total. The number of aryl methyl sites for hydroxylation is 1. The third-order valence-electron chi connectivity index (χ3n) is 7.77. The third-order valence-corrected chi connectivity index (χ3v) is 7.77. The molecule has 3 rings (SSSR count). The Labute approximate surface area is 257 Å². The van der Waals surface area contributed by atoms with Crippen LogP contribution >= 0.6 is 0 Å². The lowest BCUT2D eigenvalue weighted by molar-refractivity contribution is -0.143. The average molecular weight is 594 g/mol.